The topological polar surface area (TPSA) is 77.8 Å². The molecule has 0 unspecified atom stereocenters. The molecule has 3 N–H and O–H groups in total. The molecule has 0 aliphatic carbocycles. The highest BCUT2D eigenvalue weighted by atomic mass is 32.1. The maximum Gasteiger partial charge on any atom is 0.259 e. The summed E-state index contributed by atoms with van der Waals surface area (Å²) in [6, 6.07) is 4.96. The van der Waals surface area contributed by atoms with Gasteiger partial charge in [0.1, 0.15) is 0 Å². The number of fused-ring (bicyclic) bond motifs is 1. The smallest absolute Gasteiger partial charge is 0.259 e. The van der Waals surface area contributed by atoms with Crippen LogP contribution in [0.2, 0.25) is 0 Å². The lowest BCUT2D eigenvalue weighted by atomic mass is 10.2. The number of benzene rings is 1. The van der Waals surface area contributed by atoms with Crippen LogP contribution in [0.3, 0.4) is 0 Å². The lowest BCUT2D eigenvalue weighted by Gasteiger charge is -2.03. The molecular formula is C10H9N3O2S. The van der Waals surface area contributed by atoms with Crippen LogP contribution in [0.25, 0.3) is 10.9 Å². The molecule has 16 heavy (non-hydrogen) atoms. The van der Waals surface area contributed by atoms with Gasteiger partial charge in [-0.1, -0.05) is 0 Å². The number of nitrogens with one attached hydrogen (secondary N) is 3. The van der Waals surface area contributed by atoms with Crippen LogP contribution in [0, 0.1) is 4.77 Å². The van der Waals surface area contributed by atoms with Gasteiger partial charge in [-0.25, -0.2) is 0 Å². The van der Waals surface area contributed by atoms with Crippen LogP contribution < -0.4 is 10.9 Å². The summed E-state index contributed by atoms with van der Waals surface area (Å²) >= 11 is 4.86. The van der Waals surface area contributed by atoms with Gasteiger partial charge in [-0.05, 0) is 30.4 Å². The Kier molecular flexibility index (Phi) is 2.57. The van der Waals surface area contributed by atoms with E-state index in [1.54, 1.807) is 18.2 Å². The number of aromatic amines is 2. The van der Waals surface area contributed by atoms with Crippen molar-refractivity contribution < 1.29 is 4.79 Å². The highest BCUT2D eigenvalue weighted by Crippen LogP contribution is 2.13. The molecule has 1 aromatic heterocycles. The fourth-order valence-electron chi connectivity index (χ4n) is 1.45. The molecule has 1 amide bonds. The summed E-state index contributed by atoms with van der Waals surface area (Å²) in [5.74, 6) is -0.164. The summed E-state index contributed by atoms with van der Waals surface area (Å²) in [7, 11) is 0. The molecular weight excluding hydrogens is 226 g/mol. The number of hydrogen-bond donors (Lipinski definition) is 3. The van der Waals surface area contributed by atoms with Crippen LogP contribution in [0.4, 0.5) is 5.69 Å². The van der Waals surface area contributed by atoms with Crippen molar-refractivity contribution in [2.24, 2.45) is 0 Å². The lowest BCUT2D eigenvalue weighted by molar-refractivity contribution is -0.114. The molecule has 1 heterocycles. The standard InChI is InChI=1S/C10H9N3O2S/c1-5(14)11-6-2-3-7-8(4-6)12-10(16)13-9(7)15/h2-4H,1H3,(H,11,14)(H2,12,13,15,16). The number of aromatic nitrogens is 2. The predicted molar refractivity (Wildman–Crippen MR) is 64.1 cm³/mol. The van der Waals surface area contributed by atoms with Gasteiger partial charge in [0.25, 0.3) is 5.56 Å². The van der Waals surface area contributed by atoms with Gasteiger partial charge >= 0.3 is 0 Å². The number of carbonyl (C=O) groups excluding carboxylic acids is 1. The van der Waals surface area contributed by atoms with Crippen LogP contribution in [-0.2, 0) is 4.79 Å². The minimum atomic E-state index is -0.242. The number of H-pyrrole nitrogens is 2. The zero-order valence-electron chi connectivity index (χ0n) is 8.46. The SMILES string of the molecule is CC(=O)Nc1ccc2c(=O)[nH]c(=S)[nH]c2c1. The molecule has 0 fully saturated rings. The maximum absolute atomic E-state index is 11.5. The third kappa shape index (κ3) is 2.01. The van der Waals surface area contributed by atoms with Crippen LogP contribution in [0.5, 0.6) is 0 Å². The molecule has 0 saturated carbocycles. The Morgan fingerprint density at radius 3 is 2.81 bits per heavy atom. The number of amides is 1. The third-order valence-electron chi connectivity index (χ3n) is 2.06. The molecule has 0 radical (unpaired) electrons. The summed E-state index contributed by atoms with van der Waals surface area (Å²) in [4.78, 5) is 27.7. The summed E-state index contributed by atoms with van der Waals surface area (Å²) in [5, 5.41) is 3.13. The minimum Gasteiger partial charge on any atom is -0.332 e. The molecule has 2 rings (SSSR count). The van der Waals surface area contributed by atoms with Crippen LogP contribution in [-0.4, -0.2) is 15.9 Å². The van der Waals surface area contributed by atoms with Gasteiger partial charge in [0.05, 0.1) is 10.9 Å². The molecule has 5 nitrogen and oxygen atoms in total. The first kappa shape index (κ1) is 10.6. The summed E-state index contributed by atoms with van der Waals surface area (Å²) in [6.45, 7) is 1.42. The van der Waals surface area contributed by atoms with Crippen molar-refractivity contribution in [1.82, 2.24) is 9.97 Å². The third-order valence-corrected chi connectivity index (χ3v) is 2.26. The number of hydrogen-bond acceptors (Lipinski definition) is 3. The van der Waals surface area contributed by atoms with E-state index in [-0.39, 0.29) is 16.2 Å². The van der Waals surface area contributed by atoms with E-state index < -0.39 is 0 Å². The van der Waals surface area contributed by atoms with Crippen molar-refractivity contribution in [3.05, 3.63) is 33.3 Å². The highest BCUT2D eigenvalue weighted by Gasteiger charge is 2.01. The maximum atomic E-state index is 11.5. The van der Waals surface area contributed by atoms with E-state index in [0.717, 1.165) is 0 Å². The first-order valence-corrected chi connectivity index (χ1v) is 5.01. The molecule has 82 valence electrons. The average Bonchev–Trinajstić information content (AvgIpc) is 2.15. The van der Waals surface area contributed by atoms with Crippen molar-refractivity contribution >= 4 is 34.7 Å². The van der Waals surface area contributed by atoms with E-state index in [9.17, 15) is 9.59 Å². The fraction of sp³-hybridized carbons (Fsp3) is 0.100. The van der Waals surface area contributed by atoms with Crippen LogP contribution in [0.1, 0.15) is 6.92 Å². The molecule has 1 aromatic carbocycles. The molecule has 0 saturated heterocycles. The van der Waals surface area contributed by atoms with Crippen molar-refractivity contribution in [3.63, 3.8) is 0 Å². The predicted octanol–water partition coefficient (Wildman–Crippen LogP) is 1.54. The summed E-state index contributed by atoms with van der Waals surface area (Å²) in [6.07, 6.45) is 0. The second kappa shape index (κ2) is 3.90. The number of rotatable bonds is 1. The monoisotopic (exact) mass is 235 g/mol. The first-order valence-electron chi connectivity index (χ1n) is 4.60. The van der Waals surface area contributed by atoms with Crippen molar-refractivity contribution in [3.8, 4) is 0 Å². The molecule has 0 bridgehead atoms. The van der Waals surface area contributed by atoms with Gasteiger partial charge in [-0.15, -0.1) is 0 Å². The lowest BCUT2D eigenvalue weighted by Crippen LogP contribution is -2.09. The van der Waals surface area contributed by atoms with Crippen molar-refractivity contribution in [2.75, 3.05) is 5.32 Å². The zero-order chi connectivity index (χ0) is 11.7. The van der Waals surface area contributed by atoms with E-state index in [2.05, 4.69) is 15.3 Å². The highest BCUT2D eigenvalue weighted by molar-refractivity contribution is 7.71. The largest absolute Gasteiger partial charge is 0.332 e. The number of anilines is 1. The molecule has 2 aromatic rings. The van der Waals surface area contributed by atoms with Gasteiger partial charge in [-0.2, -0.15) is 0 Å². The van der Waals surface area contributed by atoms with Crippen molar-refractivity contribution in [2.45, 2.75) is 6.92 Å². The van der Waals surface area contributed by atoms with E-state index in [0.29, 0.717) is 16.6 Å². The van der Waals surface area contributed by atoms with Gasteiger partial charge in [0, 0.05) is 12.6 Å². The second-order valence-electron chi connectivity index (χ2n) is 3.35. The van der Waals surface area contributed by atoms with E-state index >= 15 is 0 Å². The van der Waals surface area contributed by atoms with Crippen LogP contribution >= 0.6 is 12.2 Å². The van der Waals surface area contributed by atoms with E-state index in [4.69, 9.17) is 12.2 Å². The van der Waals surface area contributed by atoms with Gasteiger partial charge in [-0.3, -0.25) is 14.6 Å². The Balaban J connectivity index is 2.66. The zero-order valence-corrected chi connectivity index (χ0v) is 9.27. The summed E-state index contributed by atoms with van der Waals surface area (Å²) < 4.78 is 0.262. The van der Waals surface area contributed by atoms with Crippen molar-refractivity contribution in [1.29, 1.82) is 0 Å². The van der Waals surface area contributed by atoms with Gasteiger partial charge < -0.3 is 10.3 Å². The van der Waals surface area contributed by atoms with Crippen LogP contribution in [0.15, 0.2) is 23.0 Å². The first-order chi connectivity index (χ1) is 7.56. The molecule has 0 atom stereocenters. The average molecular weight is 235 g/mol. The normalized spacial score (nSPS) is 10.3. The number of carbonyl (C=O) groups is 1. The Labute approximate surface area is 95.5 Å². The Hall–Kier alpha value is -1.95. The molecule has 0 spiro atoms. The second-order valence-corrected chi connectivity index (χ2v) is 3.76. The Bertz CT molecular complexity index is 672. The van der Waals surface area contributed by atoms with E-state index in [1.165, 1.54) is 6.92 Å². The Morgan fingerprint density at radius 2 is 2.12 bits per heavy atom. The van der Waals surface area contributed by atoms with Gasteiger partial charge in [0.15, 0.2) is 4.77 Å². The Morgan fingerprint density at radius 1 is 1.38 bits per heavy atom. The summed E-state index contributed by atoms with van der Waals surface area (Å²) in [5.41, 5.74) is 0.976. The molecule has 0 aliphatic rings. The minimum absolute atomic E-state index is 0.164. The quantitative estimate of drug-likeness (QED) is 0.656. The molecule has 0 aliphatic heterocycles. The van der Waals surface area contributed by atoms with E-state index in [1.807, 2.05) is 0 Å². The molecule has 6 heteroatoms. The fourth-order valence-corrected chi connectivity index (χ4v) is 1.65. The van der Waals surface area contributed by atoms with Gasteiger partial charge in [0.2, 0.25) is 5.91 Å².